The van der Waals surface area contributed by atoms with Crippen molar-refractivity contribution in [2.45, 2.75) is 288 Å². The Morgan fingerprint density at radius 3 is 0.819 bits per heavy atom. The number of hydrogen-bond acceptors (Lipinski definition) is 23. The predicted molar refractivity (Wildman–Crippen MR) is 428 cm³/mol. The summed E-state index contributed by atoms with van der Waals surface area (Å²) in [6.07, 6.45) is 26.9. The van der Waals surface area contributed by atoms with Crippen LogP contribution in [0.25, 0.3) is 0 Å². The summed E-state index contributed by atoms with van der Waals surface area (Å²) in [7, 11) is 10.3. The summed E-state index contributed by atoms with van der Waals surface area (Å²) >= 11 is 28.9. The van der Waals surface area contributed by atoms with Gasteiger partial charge in [0.05, 0.1) is 120 Å². The minimum atomic E-state index is -1.65. The first-order valence-corrected chi connectivity index (χ1v) is 42.1. The number of nitrogens with zero attached hydrogens (tertiary/aromatic N) is 4. The lowest BCUT2D eigenvalue weighted by molar-refractivity contribution is -0.144. The van der Waals surface area contributed by atoms with Crippen LogP contribution < -0.4 is 37.9 Å². The monoisotopic (exact) mass is 1700 g/mol. The number of carbonyl (C=O) groups is 5. The van der Waals surface area contributed by atoms with Crippen molar-refractivity contribution >= 4 is 87.7 Å². The maximum absolute atomic E-state index is 12.0. The lowest BCUT2D eigenvalue weighted by Crippen LogP contribution is -2.39. The van der Waals surface area contributed by atoms with Crippen LogP contribution in [0.4, 0.5) is 0 Å². The molecule has 0 amide bonds. The molecule has 8 saturated carbocycles. The minimum Gasteiger partial charge on any atom is -0.493 e. The number of alkyl halides is 5. The van der Waals surface area contributed by atoms with Gasteiger partial charge in [0.1, 0.15) is 22.6 Å². The van der Waals surface area contributed by atoms with E-state index in [1.54, 1.807) is 28.4 Å². The Labute approximate surface area is 703 Å². The molecule has 24 nitrogen and oxygen atoms in total. The number of rotatable bonds is 20. The van der Waals surface area contributed by atoms with E-state index in [0.29, 0.717) is 143 Å². The third-order valence-electron chi connectivity index (χ3n) is 25.7. The highest BCUT2D eigenvalue weighted by Crippen LogP contribution is 2.66. The van der Waals surface area contributed by atoms with Crippen LogP contribution in [-0.4, -0.2) is 146 Å². The van der Waals surface area contributed by atoms with E-state index in [-0.39, 0.29) is 30.2 Å². The van der Waals surface area contributed by atoms with Gasteiger partial charge in [-0.05, 0) is 263 Å². The number of Topliss-reactive ketones (excluding diaryl/α,β-unsaturated/α-hetero) is 1. The molecule has 11 aliphatic rings. The van der Waals surface area contributed by atoms with Crippen LogP contribution in [0, 0.1) is 45.3 Å². The minimum absolute atomic E-state index is 0.184. The first-order valence-electron chi connectivity index (χ1n) is 40.1. The quantitative estimate of drug-likeness (QED) is 0.0372. The number of carbonyl (C=O) groups excluding carboxylic acids is 4. The van der Waals surface area contributed by atoms with Crippen molar-refractivity contribution in [1.29, 1.82) is 21.0 Å². The molecule has 11 fully saturated rings. The van der Waals surface area contributed by atoms with Gasteiger partial charge in [0.2, 0.25) is 4.84 Å². The van der Waals surface area contributed by atoms with E-state index in [0.717, 1.165) is 79.4 Å². The normalized spacial score (nSPS) is 30.0. The van der Waals surface area contributed by atoms with Crippen molar-refractivity contribution < 1.29 is 95.4 Å². The van der Waals surface area contributed by atoms with Gasteiger partial charge < -0.3 is 71.4 Å². The molecule has 0 radical (unpaired) electrons. The number of hydrogen-bond donors (Lipinski definition) is 1. The number of carboxylic acid groups (broad SMARTS) is 1. The first kappa shape index (κ1) is 88.9. The van der Waals surface area contributed by atoms with Gasteiger partial charge in [0.25, 0.3) is 15.2 Å². The zero-order valence-electron chi connectivity index (χ0n) is 66.8. The summed E-state index contributed by atoms with van der Waals surface area (Å²) in [6.45, 7) is 0. The van der Waals surface area contributed by atoms with Gasteiger partial charge in [-0.15, -0.1) is 0 Å². The Balaban J connectivity index is 0.000000148. The number of aliphatic carboxylic acids is 1. The van der Waals surface area contributed by atoms with Crippen LogP contribution >= 0.6 is 58.0 Å². The molecule has 626 valence electrons. The highest BCUT2D eigenvalue weighted by atomic mass is 35.5. The van der Waals surface area contributed by atoms with Gasteiger partial charge in [-0.1, -0.05) is 82.3 Å². The Bertz CT molecular complexity index is 4220. The fourth-order valence-corrected chi connectivity index (χ4v) is 19.5. The van der Waals surface area contributed by atoms with Crippen LogP contribution in [0.3, 0.4) is 0 Å². The molecule has 3 spiro atoms. The largest absolute Gasteiger partial charge is 0.493 e. The summed E-state index contributed by atoms with van der Waals surface area (Å²) in [4.78, 5) is 55.9. The van der Waals surface area contributed by atoms with E-state index in [2.05, 4.69) is 29.0 Å². The highest BCUT2D eigenvalue weighted by Gasteiger charge is 2.78. The van der Waals surface area contributed by atoms with Crippen molar-refractivity contribution in [2.75, 3.05) is 49.8 Å². The lowest BCUT2D eigenvalue weighted by atomic mass is 9.66. The SMILES string of the molecule is COC(=O)C(Cl)Cl.COC(=O)C1(Cl)OC12CCC(C#N)(c1ccc(OC)c(OC3CCCC3)c1)CC2.COC(=O)C1(Cl)OC12CCC(C#N)(c1ccc(OC)c(OC3CCCC3)c1)CC2.COc1ccc(C2(C#N)CCC(=O)CC2)cc1OC1CCCC1.COc1ccc(C2(C#N)CCC3(CC2)OC3(Cl)C(=O)O)cc1OC1CCCC1. The Morgan fingerprint density at radius 1 is 0.379 bits per heavy atom. The van der Waals surface area contributed by atoms with E-state index in [4.69, 9.17) is 120 Å². The third-order valence-corrected chi connectivity index (χ3v) is 27.8. The Kier molecular flexibility index (Phi) is 28.5. The van der Waals surface area contributed by atoms with Crippen molar-refractivity contribution in [3.05, 3.63) is 95.1 Å². The molecule has 3 unspecified atom stereocenters. The zero-order valence-corrected chi connectivity index (χ0v) is 70.6. The van der Waals surface area contributed by atoms with E-state index < -0.39 is 82.4 Å². The molecular weight excluding hydrogens is 1600 g/mol. The maximum atomic E-state index is 12.0. The maximum Gasteiger partial charge on any atom is 0.357 e. The number of halogens is 5. The molecule has 3 aliphatic heterocycles. The standard InChI is InChI=1S/2C22H26ClNO5.C21H24ClNO5.C19H23NO3.C3H4Cl2O2/c2*1-26-17-8-7-15(13-18(17)28-16-5-3-4-6-16)20(14-24)9-11-21(12-10-20)22(23,29-21)19(25)27-2;1-26-16-7-6-14(12-17(16)27-15-4-2-3-5-15)19(13-23)8-10-20(11-9-19)21(22,28-20)18(24)25;1-22-17-7-6-14(12-18(17)23-16-4-2-3-5-16)19(13-20)10-8-15(21)9-11-19;1-7-3(6)2(4)5/h2*7-8,13,16H,3-6,9-12H2,1-2H3;6-7,12,15H,2-5,8-11H2,1H3,(H,24,25);6-7,12,16H,2-5,8-11H2,1H3;2H,1H3. The van der Waals surface area contributed by atoms with Crippen molar-refractivity contribution in [1.82, 2.24) is 0 Å². The molecule has 3 atom stereocenters. The first-order chi connectivity index (χ1) is 55.6. The lowest BCUT2D eigenvalue weighted by Gasteiger charge is -2.35. The van der Waals surface area contributed by atoms with E-state index >= 15 is 0 Å². The number of epoxide rings is 3. The van der Waals surface area contributed by atoms with Gasteiger partial charge in [0.15, 0.2) is 46.0 Å². The predicted octanol–water partition coefficient (Wildman–Crippen LogP) is 17.5. The van der Waals surface area contributed by atoms with Gasteiger partial charge in [-0.25, -0.2) is 19.2 Å². The van der Waals surface area contributed by atoms with E-state index in [9.17, 15) is 50.1 Å². The summed E-state index contributed by atoms with van der Waals surface area (Å²) in [5, 5.41) is 44.8. The second-order valence-corrected chi connectivity index (χ2v) is 34.8. The summed E-state index contributed by atoms with van der Waals surface area (Å²) < 4.78 is 76.9. The number of carboxylic acids is 1. The van der Waals surface area contributed by atoms with Crippen LogP contribution in [0.2, 0.25) is 0 Å². The summed E-state index contributed by atoms with van der Waals surface area (Å²) in [5.41, 5.74) is -1.36. The summed E-state index contributed by atoms with van der Waals surface area (Å²) in [5.74, 6) is 2.84. The van der Waals surface area contributed by atoms with Gasteiger partial charge in [0, 0.05) is 12.8 Å². The van der Waals surface area contributed by atoms with Crippen LogP contribution in [-0.2, 0) is 74.1 Å². The number of nitriles is 4. The van der Waals surface area contributed by atoms with Gasteiger partial charge in [-0.3, -0.25) is 4.79 Å². The molecule has 0 aromatic heterocycles. The average molecular weight is 1700 g/mol. The van der Waals surface area contributed by atoms with E-state index in [1.807, 2.05) is 72.8 Å². The molecule has 8 aliphatic carbocycles. The molecule has 15 rings (SSSR count). The van der Waals surface area contributed by atoms with E-state index in [1.165, 1.54) is 72.7 Å². The fourth-order valence-electron chi connectivity index (χ4n) is 18.1. The smallest absolute Gasteiger partial charge is 0.357 e. The molecule has 4 aromatic rings. The topological polar surface area (TPSA) is 340 Å². The molecule has 116 heavy (non-hydrogen) atoms. The fraction of sp³-hybridized carbons (Fsp3) is 0.621. The number of esters is 3. The number of ether oxygens (including phenoxy) is 14. The second-order valence-electron chi connectivity index (χ2n) is 32.1. The van der Waals surface area contributed by atoms with Crippen LogP contribution in [0.5, 0.6) is 46.0 Å². The Hall–Kier alpha value is -7.88. The average Bonchev–Trinajstić information content (AvgIpc) is 1.55. The zero-order chi connectivity index (χ0) is 83.5. The Morgan fingerprint density at radius 2 is 0.621 bits per heavy atom. The highest BCUT2D eigenvalue weighted by molar-refractivity contribution is 6.52. The molecule has 4 aromatic carbocycles. The number of ketones is 1. The molecule has 1 N–H and O–H groups in total. The second kappa shape index (κ2) is 37.2. The van der Waals surface area contributed by atoms with Crippen LogP contribution in [0.15, 0.2) is 72.8 Å². The third kappa shape index (κ3) is 18.3. The van der Waals surface area contributed by atoms with Crippen LogP contribution in [0.1, 0.15) is 228 Å². The van der Waals surface area contributed by atoms with Crippen molar-refractivity contribution in [2.24, 2.45) is 0 Å². The molecule has 0 bridgehead atoms. The van der Waals surface area contributed by atoms with Gasteiger partial charge >= 0.3 is 23.9 Å². The van der Waals surface area contributed by atoms with Crippen molar-refractivity contribution in [3.63, 3.8) is 0 Å². The number of methoxy groups -OCH3 is 7. The molecule has 3 saturated heterocycles. The summed E-state index contributed by atoms with van der Waals surface area (Å²) in [6, 6.07) is 32.9. The molecule has 3 heterocycles. The molecular formula is C87H103Cl5N4O20. The van der Waals surface area contributed by atoms with Gasteiger partial charge in [-0.2, -0.15) is 21.0 Å². The molecule has 29 heteroatoms. The van der Waals surface area contributed by atoms with Crippen molar-refractivity contribution in [3.8, 4) is 70.3 Å². The number of benzene rings is 4.